The number of hydrazine groups is 1. The van der Waals surface area contributed by atoms with Crippen LogP contribution >= 0.6 is 0 Å². The van der Waals surface area contributed by atoms with Gasteiger partial charge in [-0.15, -0.1) is 0 Å². The monoisotopic (exact) mass is 1030 g/mol. The number of benzene rings is 4. The molecule has 0 heterocycles. The molecule has 4 aromatic rings. The molecule has 20 heteroatoms. The first kappa shape index (κ1) is 54.6. The summed E-state index contributed by atoms with van der Waals surface area (Å²) in [4.78, 5) is 109. The standard InChI is InChI=1S/C55H64N8O12/c1-55-26-25-41-40-22-20-39(29-38(40)19-21-42(41)43(55)23-24-47(55)64)73-34-49(66)59-44(18-11-27-57-54(56)62-63(71)72)51(68)58-31-48(65)60-45(30-50(67)74-32-36-14-7-3-8-15-36)52(69)61-46(28-35-12-5-2-6-13-35)53(70)75-33-37-16-9-4-10-17-37/h2-10,12-17,20,22,29,41-46H,11,18-19,21,23-28,30-34H2,1H3,(H,58,68)(H,59,66)(H,60,65)(H,61,69)(H3,56,57,62)/t41-,42-,43+,44+,45-,46+,55+/m1/s1. The van der Waals surface area contributed by atoms with Gasteiger partial charge in [0.15, 0.2) is 11.6 Å². The van der Waals surface area contributed by atoms with Crippen molar-refractivity contribution in [3.05, 3.63) is 147 Å². The first-order valence-electron chi connectivity index (χ1n) is 25.3. The lowest BCUT2D eigenvalue weighted by atomic mass is 9.55. The van der Waals surface area contributed by atoms with Crippen molar-refractivity contribution in [2.75, 3.05) is 19.7 Å². The van der Waals surface area contributed by atoms with Crippen molar-refractivity contribution in [2.45, 2.75) is 108 Å². The SMILES string of the molecule is C[C@]12CC[C@@H]3c4ccc(OCC(=O)N[C@@H](CCCN=C(N)N[N+](=O)[O-])C(=O)NCC(=O)N[C@H](CC(=O)OCc5ccccc5)C(=O)N[C@@H](Cc5ccccc5)C(=O)OCc5ccccc5)cc4CC[C@H]3[C@@H]1CCC2=O. The summed E-state index contributed by atoms with van der Waals surface area (Å²) in [6.45, 7) is 0.685. The Kier molecular flexibility index (Phi) is 19.1. The Morgan fingerprint density at radius 3 is 2.11 bits per heavy atom. The van der Waals surface area contributed by atoms with E-state index in [1.165, 1.54) is 5.56 Å². The molecule has 20 nitrogen and oxygen atoms in total. The van der Waals surface area contributed by atoms with Gasteiger partial charge in [-0.3, -0.25) is 28.8 Å². The van der Waals surface area contributed by atoms with Crippen LogP contribution in [0.1, 0.15) is 92.0 Å². The van der Waals surface area contributed by atoms with Crippen molar-refractivity contribution in [1.82, 2.24) is 26.7 Å². The van der Waals surface area contributed by atoms with Gasteiger partial charge in [0.05, 0.1) is 13.0 Å². The lowest BCUT2D eigenvalue weighted by molar-refractivity contribution is -0.525. The number of amides is 4. The minimum absolute atomic E-state index is 0.0105. The number of nitro groups is 1. The lowest BCUT2D eigenvalue weighted by Crippen LogP contribution is -2.55. The second kappa shape index (κ2) is 26.2. The number of nitrogens with two attached hydrogens (primary N) is 1. The molecule has 75 heavy (non-hydrogen) atoms. The molecule has 3 aliphatic rings. The molecular weight excluding hydrogens is 965 g/mol. The van der Waals surface area contributed by atoms with Gasteiger partial charge in [-0.05, 0) is 103 Å². The zero-order valence-electron chi connectivity index (χ0n) is 41.8. The average molecular weight is 1030 g/mol. The topological polar surface area (TPSA) is 289 Å². The first-order valence-corrected chi connectivity index (χ1v) is 25.3. The van der Waals surface area contributed by atoms with Gasteiger partial charge in [-0.25, -0.2) is 19.9 Å². The molecular formula is C55H64N8O12. The van der Waals surface area contributed by atoms with Crippen molar-refractivity contribution in [1.29, 1.82) is 0 Å². The van der Waals surface area contributed by atoms with E-state index < -0.39 is 84.3 Å². The number of carbonyl (C=O) groups excluding carboxylic acids is 7. The van der Waals surface area contributed by atoms with Crippen LogP contribution in [0.15, 0.2) is 114 Å². The van der Waals surface area contributed by atoms with Crippen LogP contribution in [0.2, 0.25) is 0 Å². The zero-order valence-corrected chi connectivity index (χ0v) is 41.8. The van der Waals surface area contributed by atoms with Crippen LogP contribution < -0.4 is 37.2 Å². The molecule has 0 bridgehead atoms. The number of rotatable bonds is 24. The predicted molar refractivity (Wildman–Crippen MR) is 273 cm³/mol. The highest BCUT2D eigenvalue weighted by atomic mass is 16.7. The van der Waals surface area contributed by atoms with Gasteiger partial charge in [0, 0.05) is 24.8 Å². The maximum absolute atomic E-state index is 14.1. The normalized spacial score (nSPS) is 19.8. The van der Waals surface area contributed by atoms with Crippen LogP contribution in [0.5, 0.6) is 5.75 Å². The first-order chi connectivity index (χ1) is 36.1. The molecule has 2 saturated carbocycles. The van der Waals surface area contributed by atoms with Gasteiger partial charge >= 0.3 is 11.9 Å². The van der Waals surface area contributed by atoms with E-state index in [1.54, 1.807) is 90.4 Å². The van der Waals surface area contributed by atoms with Crippen LogP contribution in [0.4, 0.5) is 0 Å². The number of hydrogen-bond acceptors (Lipinski definition) is 13. The van der Waals surface area contributed by atoms with Gasteiger partial charge in [0.2, 0.25) is 17.7 Å². The Morgan fingerprint density at radius 1 is 0.773 bits per heavy atom. The average Bonchev–Trinajstić information content (AvgIpc) is 3.73. The maximum Gasteiger partial charge on any atom is 0.329 e. The third-order valence-corrected chi connectivity index (χ3v) is 14.4. The van der Waals surface area contributed by atoms with Crippen LogP contribution in [-0.4, -0.2) is 90.2 Å². The van der Waals surface area contributed by atoms with E-state index in [2.05, 4.69) is 33.2 Å². The zero-order chi connectivity index (χ0) is 53.3. The molecule has 0 saturated heterocycles. The molecule has 0 spiro atoms. The van der Waals surface area contributed by atoms with Crippen molar-refractivity contribution >= 4 is 47.3 Å². The minimum Gasteiger partial charge on any atom is -0.484 e. The molecule has 7 atom stereocenters. The number of hydrogen-bond donors (Lipinski definition) is 6. The molecule has 7 rings (SSSR count). The summed E-state index contributed by atoms with van der Waals surface area (Å²) in [5.41, 5.74) is 11.5. The summed E-state index contributed by atoms with van der Waals surface area (Å²) >= 11 is 0. The Labute approximate surface area is 434 Å². The molecule has 396 valence electrons. The van der Waals surface area contributed by atoms with E-state index in [0.717, 1.165) is 37.7 Å². The number of Topliss-reactive ketones (excluding diaryl/α,β-unsaturated/α-hetero) is 1. The van der Waals surface area contributed by atoms with E-state index in [9.17, 15) is 43.7 Å². The molecule has 0 aliphatic heterocycles. The second-order valence-electron chi connectivity index (χ2n) is 19.4. The fourth-order valence-electron chi connectivity index (χ4n) is 10.6. The van der Waals surface area contributed by atoms with E-state index in [4.69, 9.17) is 19.9 Å². The summed E-state index contributed by atoms with van der Waals surface area (Å²) < 4.78 is 17.0. The van der Waals surface area contributed by atoms with Gasteiger partial charge in [0.25, 0.3) is 11.9 Å². The van der Waals surface area contributed by atoms with Crippen molar-refractivity contribution in [3.63, 3.8) is 0 Å². The van der Waals surface area contributed by atoms with Gasteiger partial charge in [-0.2, -0.15) is 0 Å². The van der Waals surface area contributed by atoms with Crippen LogP contribution in [0.3, 0.4) is 0 Å². The van der Waals surface area contributed by atoms with E-state index in [1.807, 2.05) is 24.3 Å². The number of aliphatic imine (C=N–C) groups is 1. The lowest BCUT2D eigenvalue weighted by Gasteiger charge is -2.48. The summed E-state index contributed by atoms with van der Waals surface area (Å²) in [6.07, 6.45) is 4.61. The summed E-state index contributed by atoms with van der Waals surface area (Å²) in [6, 6.07) is 28.3. The van der Waals surface area contributed by atoms with Crippen LogP contribution in [0, 0.1) is 27.4 Å². The highest BCUT2D eigenvalue weighted by Gasteiger charge is 2.54. The molecule has 4 aromatic carbocycles. The number of nitrogens with one attached hydrogen (secondary N) is 5. The Morgan fingerprint density at radius 2 is 1.43 bits per heavy atom. The van der Waals surface area contributed by atoms with E-state index in [-0.39, 0.29) is 44.4 Å². The fraction of sp³-hybridized carbons (Fsp3) is 0.418. The molecule has 3 aliphatic carbocycles. The molecule has 0 radical (unpaired) electrons. The highest BCUT2D eigenvalue weighted by molar-refractivity contribution is 5.95. The Hall–Kier alpha value is -8.16. The van der Waals surface area contributed by atoms with E-state index >= 15 is 0 Å². The Bertz CT molecular complexity index is 2710. The maximum atomic E-state index is 14.1. The summed E-state index contributed by atoms with van der Waals surface area (Å²) in [5.74, 6) is -3.31. The number of carbonyl (C=O) groups is 7. The third-order valence-electron chi connectivity index (χ3n) is 14.4. The number of ether oxygens (including phenoxy) is 3. The molecule has 2 fully saturated rings. The van der Waals surface area contributed by atoms with E-state index in [0.29, 0.717) is 52.4 Å². The number of ketones is 1. The van der Waals surface area contributed by atoms with Gasteiger partial charge in [-0.1, -0.05) is 109 Å². The Balaban J connectivity index is 0.989. The third kappa shape index (κ3) is 15.4. The second-order valence-corrected chi connectivity index (χ2v) is 19.4. The number of nitrogens with zero attached hydrogens (tertiary/aromatic N) is 2. The number of esters is 2. The molecule has 0 unspecified atom stereocenters. The predicted octanol–water partition coefficient (Wildman–Crippen LogP) is 4.06. The quantitative estimate of drug-likeness (QED) is 0.0144. The number of fused-ring (bicyclic) bond motifs is 5. The summed E-state index contributed by atoms with van der Waals surface area (Å²) in [5, 5.41) is 20.2. The minimum atomic E-state index is -1.59. The van der Waals surface area contributed by atoms with Crippen molar-refractivity contribution in [2.24, 2.45) is 28.0 Å². The number of guanidine groups is 1. The smallest absolute Gasteiger partial charge is 0.329 e. The largest absolute Gasteiger partial charge is 0.484 e. The molecule has 0 aromatic heterocycles. The van der Waals surface area contributed by atoms with Gasteiger partial charge < -0.3 is 41.2 Å². The van der Waals surface area contributed by atoms with Crippen LogP contribution in [0.25, 0.3) is 0 Å². The number of aryl methyl sites for hydroxylation is 1. The fourth-order valence-corrected chi connectivity index (χ4v) is 10.6. The van der Waals surface area contributed by atoms with Gasteiger partial charge in [0.1, 0.15) is 42.9 Å². The van der Waals surface area contributed by atoms with Crippen molar-refractivity contribution in [3.8, 4) is 5.75 Å². The molecule has 7 N–H and O–H groups in total. The van der Waals surface area contributed by atoms with Crippen molar-refractivity contribution < 1.29 is 52.8 Å². The van der Waals surface area contributed by atoms with Crippen LogP contribution in [-0.2, 0) is 69.1 Å². The summed E-state index contributed by atoms with van der Waals surface area (Å²) in [7, 11) is 0. The molecule has 4 amide bonds. The highest BCUT2D eigenvalue weighted by Crippen LogP contribution is 2.59.